The molecule has 0 spiro atoms. The maximum Gasteiger partial charge on any atom is 0.255 e. The number of nitrogens with one attached hydrogen (secondary N) is 2. The number of ether oxygens (including phenoxy) is 2. The molecule has 4 N–H and O–H groups in total. The highest BCUT2D eigenvalue weighted by Crippen LogP contribution is 2.37. The second kappa shape index (κ2) is 11.2. The summed E-state index contributed by atoms with van der Waals surface area (Å²) in [7, 11) is 1.46. The van der Waals surface area contributed by atoms with Crippen LogP contribution in [-0.4, -0.2) is 38.0 Å². The number of para-hydroxylation sites is 1. The van der Waals surface area contributed by atoms with E-state index in [1.807, 2.05) is 13.8 Å². The third kappa shape index (κ3) is 6.89. The van der Waals surface area contributed by atoms with E-state index < -0.39 is 17.7 Å². The van der Waals surface area contributed by atoms with Crippen molar-refractivity contribution in [2.24, 2.45) is 11.7 Å². The quantitative estimate of drug-likeness (QED) is 0.516. The Labute approximate surface area is 186 Å². The lowest BCUT2D eigenvalue weighted by molar-refractivity contribution is -0.117. The van der Waals surface area contributed by atoms with Gasteiger partial charge in [0.15, 0.2) is 11.5 Å². The molecule has 2 aromatic rings. The summed E-state index contributed by atoms with van der Waals surface area (Å²) >= 11 is 6.32. The maximum atomic E-state index is 12.8. The monoisotopic (exact) mass is 447 g/mol. The molecular weight excluding hydrogens is 422 g/mol. The normalized spacial score (nSPS) is 10.5. The van der Waals surface area contributed by atoms with Crippen molar-refractivity contribution in [3.05, 3.63) is 52.5 Å². The van der Waals surface area contributed by atoms with Gasteiger partial charge in [-0.05, 0) is 30.2 Å². The smallest absolute Gasteiger partial charge is 0.255 e. The van der Waals surface area contributed by atoms with Gasteiger partial charge in [0.05, 0.1) is 30.0 Å². The summed E-state index contributed by atoms with van der Waals surface area (Å²) in [6.45, 7) is 4.55. The van der Waals surface area contributed by atoms with Crippen LogP contribution in [0.1, 0.15) is 41.0 Å². The highest BCUT2D eigenvalue weighted by atomic mass is 35.5. The van der Waals surface area contributed by atoms with Crippen molar-refractivity contribution in [2.75, 3.05) is 25.6 Å². The lowest BCUT2D eigenvalue weighted by Crippen LogP contribution is -2.28. The van der Waals surface area contributed by atoms with Crippen LogP contribution in [0, 0.1) is 5.92 Å². The molecule has 0 radical (unpaired) electrons. The maximum absolute atomic E-state index is 12.8. The Balaban J connectivity index is 2.21. The molecular formula is C22H26ClN3O5. The van der Waals surface area contributed by atoms with Gasteiger partial charge in [0.1, 0.15) is 0 Å². The van der Waals surface area contributed by atoms with E-state index in [0.717, 1.165) is 0 Å². The summed E-state index contributed by atoms with van der Waals surface area (Å²) in [5.41, 5.74) is 5.87. The zero-order chi connectivity index (χ0) is 23.0. The highest BCUT2D eigenvalue weighted by molar-refractivity contribution is 6.32. The van der Waals surface area contributed by atoms with Crippen LogP contribution in [0.4, 0.5) is 5.69 Å². The Morgan fingerprint density at radius 2 is 1.84 bits per heavy atom. The SMILES string of the molecule is COc1cc(C(=O)Nc2ccccc2C(=O)NCCC(N)=O)cc(Cl)c1OCC(C)C. The third-order valence-electron chi connectivity index (χ3n) is 4.13. The number of halogens is 1. The number of carbonyl (C=O) groups excluding carboxylic acids is 3. The molecule has 3 amide bonds. The van der Waals surface area contributed by atoms with Crippen molar-refractivity contribution < 1.29 is 23.9 Å². The average molecular weight is 448 g/mol. The lowest BCUT2D eigenvalue weighted by atomic mass is 10.1. The van der Waals surface area contributed by atoms with Crippen LogP contribution in [0.25, 0.3) is 0 Å². The predicted molar refractivity (Wildman–Crippen MR) is 119 cm³/mol. The number of benzene rings is 2. The molecule has 0 aliphatic heterocycles. The zero-order valence-electron chi connectivity index (χ0n) is 17.7. The van der Waals surface area contributed by atoms with Gasteiger partial charge in [-0.2, -0.15) is 0 Å². The van der Waals surface area contributed by atoms with Crippen molar-refractivity contribution in [2.45, 2.75) is 20.3 Å². The first-order valence-electron chi connectivity index (χ1n) is 9.70. The number of carbonyl (C=O) groups is 3. The van der Waals surface area contributed by atoms with Crippen LogP contribution in [-0.2, 0) is 4.79 Å². The summed E-state index contributed by atoms with van der Waals surface area (Å²) in [6.07, 6.45) is 0.0176. The average Bonchev–Trinajstić information content (AvgIpc) is 2.72. The molecule has 0 aliphatic rings. The molecule has 0 fully saturated rings. The van der Waals surface area contributed by atoms with Gasteiger partial charge < -0.3 is 25.8 Å². The Morgan fingerprint density at radius 3 is 2.48 bits per heavy atom. The molecule has 0 bridgehead atoms. The van der Waals surface area contributed by atoms with E-state index in [1.165, 1.54) is 19.2 Å². The number of primary amides is 1. The Bertz CT molecular complexity index is 962. The molecule has 0 unspecified atom stereocenters. The van der Waals surface area contributed by atoms with Crippen molar-refractivity contribution in [1.82, 2.24) is 5.32 Å². The third-order valence-corrected chi connectivity index (χ3v) is 4.41. The lowest BCUT2D eigenvalue weighted by Gasteiger charge is -2.16. The minimum atomic E-state index is -0.520. The van der Waals surface area contributed by atoms with E-state index >= 15 is 0 Å². The van der Waals surface area contributed by atoms with Crippen molar-refractivity contribution in [3.63, 3.8) is 0 Å². The van der Waals surface area contributed by atoms with Crippen LogP contribution in [0.5, 0.6) is 11.5 Å². The first-order chi connectivity index (χ1) is 14.7. The number of rotatable bonds is 10. The fourth-order valence-electron chi connectivity index (χ4n) is 2.62. The van der Waals surface area contributed by atoms with Gasteiger partial charge in [0.25, 0.3) is 11.8 Å². The number of hydrogen-bond donors (Lipinski definition) is 3. The Kier molecular flexibility index (Phi) is 8.69. The fraction of sp³-hybridized carbons (Fsp3) is 0.318. The molecule has 0 heterocycles. The van der Waals surface area contributed by atoms with Crippen LogP contribution in [0.2, 0.25) is 5.02 Å². The molecule has 0 saturated heterocycles. The van der Waals surface area contributed by atoms with Crippen molar-refractivity contribution in [1.29, 1.82) is 0 Å². The van der Waals surface area contributed by atoms with Crippen LogP contribution in [0.15, 0.2) is 36.4 Å². The van der Waals surface area contributed by atoms with Crippen molar-refractivity contribution >= 4 is 35.0 Å². The van der Waals surface area contributed by atoms with Gasteiger partial charge in [-0.15, -0.1) is 0 Å². The van der Waals surface area contributed by atoms with Crippen LogP contribution < -0.4 is 25.8 Å². The number of nitrogens with two attached hydrogens (primary N) is 1. The van der Waals surface area contributed by atoms with E-state index in [-0.39, 0.29) is 35.0 Å². The Morgan fingerprint density at radius 1 is 1.13 bits per heavy atom. The zero-order valence-corrected chi connectivity index (χ0v) is 18.4. The molecule has 31 heavy (non-hydrogen) atoms. The first-order valence-corrected chi connectivity index (χ1v) is 10.1. The van der Waals surface area contributed by atoms with E-state index in [9.17, 15) is 14.4 Å². The second-order valence-corrected chi connectivity index (χ2v) is 7.57. The number of anilines is 1. The van der Waals surface area contributed by atoms with E-state index in [4.69, 9.17) is 26.8 Å². The summed E-state index contributed by atoms with van der Waals surface area (Å²) in [6, 6.07) is 9.51. The molecule has 0 aromatic heterocycles. The minimum Gasteiger partial charge on any atom is -0.493 e. The summed E-state index contributed by atoms with van der Waals surface area (Å²) in [4.78, 5) is 36.1. The van der Waals surface area contributed by atoms with Gasteiger partial charge in [0, 0.05) is 18.5 Å². The summed E-state index contributed by atoms with van der Waals surface area (Å²) in [5, 5.41) is 5.54. The van der Waals surface area contributed by atoms with Crippen molar-refractivity contribution in [3.8, 4) is 11.5 Å². The molecule has 0 atom stereocenters. The van der Waals surface area contributed by atoms with Gasteiger partial charge in [0.2, 0.25) is 5.91 Å². The largest absolute Gasteiger partial charge is 0.493 e. The first kappa shape index (κ1) is 24.0. The van der Waals surface area contributed by atoms with E-state index in [1.54, 1.807) is 24.3 Å². The topological polar surface area (TPSA) is 120 Å². The fourth-order valence-corrected chi connectivity index (χ4v) is 2.89. The van der Waals surface area contributed by atoms with Crippen LogP contribution >= 0.6 is 11.6 Å². The standard InChI is InChI=1S/C22H26ClN3O5/c1-13(2)12-31-20-16(23)10-14(11-18(20)30-3)21(28)26-17-7-5-4-6-15(17)22(29)25-9-8-19(24)27/h4-7,10-11,13H,8-9,12H2,1-3H3,(H2,24,27)(H,25,29)(H,26,28). The van der Waals surface area contributed by atoms with E-state index in [2.05, 4.69) is 10.6 Å². The van der Waals surface area contributed by atoms with Gasteiger partial charge in [-0.3, -0.25) is 14.4 Å². The van der Waals surface area contributed by atoms with Gasteiger partial charge in [-0.25, -0.2) is 0 Å². The molecule has 0 saturated carbocycles. The number of hydrogen-bond acceptors (Lipinski definition) is 5. The van der Waals surface area contributed by atoms with E-state index in [0.29, 0.717) is 23.8 Å². The second-order valence-electron chi connectivity index (χ2n) is 7.17. The molecule has 2 rings (SSSR count). The van der Waals surface area contributed by atoms with Gasteiger partial charge >= 0.3 is 0 Å². The van der Waals surface area contributed by atoms with Gasteiger partial charge in [-0.1, -0.05) is 37.6 Å². The number of amides is 3. The molecule has 0 aliphatic carbocycles. The summed E-state index contributed by atoms with van der Waals surface area (Å²) in [5.74, 6) is -0.458. The molecule has 166 valence electrons. The predicted octanol–water partition coefficient (Wildman–Crippen LogP) is 3.24. The summed E-state index contributed by atoms with van der Waals surface area (Å²) < 4.78 is 11.0. The Hall–Kier alpha value is -3.26. The minimum absolute atomic E-state index is 0.0176. The molecule has 9 heteroatoms. The highest BCUT2D eigenvalue weighted by Gasteiger charge is 2.18. The molecule has 2 aromatic carbocycles. The number of methoxy groups -OCH3 is 1. The van der Waals surface area contributed by atoms with Crippen LogP contribution in [0.3, 0.4) is 0 Å². The molecule has 8 nitrogen and oxygen atoms in total.